The average Bonchev–Trinajstić information content (AvgIpc) is 2.43. The number of carbonyl (C=O) groups is 2. The molecule has 2 rings (SSSR count). The highest BCUT2D eigenvalue weighted by molar-refractivity contribution is 5.92. The molecule has 0 spiro atoms. The highest BCUT2D eigenvalue weighted by Crippen LogP contribution is 2.11. The molecule has 0 fully saturated rings. The highest BCUT2D eigenvalue weighted by atomic mass is 16.4. The van der Waals surface area contributed by atoms with Crippen molar-refractivity contribution in [1.29, 1.82) is 0 Å². The first kappa shape index (κ1) is 14.7. The predicted octanol–water partition coefficient (Wildman–Crippen LogP) is 2.20. The monoisotopic (exact) mass is 284 g/mol. The molecule has 5 nitrogen and oxygen atoms in total. The van der Waals surface area contributed by atoms with Gasteiger partial charge < -0.3 is 10.4 Å². The molecule has 0 aliphatic rings. The summed E-state index contributed by atoms with van der Waals surface area (Å²) in [7, 11) is 0. The van der Waals surface area contributed by atoms with E-state index in [-0.39, 0.29) is 12.3 Å². The van der Waals surface area contributed by atoms with Crippen LogP contribution in [0.2, 0.25) is 0 Å². The second-order valence-corrected chi connectivity index (χ2v) is 4.76. The van der Waals surface area contributed by atoms with Crippen molar-refractivity contribution in [1.82, 2.24) is 4.98 Å². The number of nitrogens with zero attached hydrogens (tertiary/aromatic N) is 1. The molecule has 5 heteroatoms. The molecule has 108 valence electrons. The summed E-state index contributed by atoms with van der Waals surface area (Å²) in [5, 5.41) is 11.4. The molecule has 2 aromatic rings. The van der Waals surface area contributed by atoms with Crippen molar-refractivity contribution in [2.45, 2.75) is 19.8 Å². The zero-order chi connectivity index (χ0) is 15.2. The molecule has 0 aliphatic heterocycles. The van der Waals surface area contributed by atoms with Gasteiger partial charge in [-0.3, -0.25) is 14.6 Å². The number of hydrogen-bond acceptors (Lipinski definition) is 3. The molecule has 0 radical (unpaired) electrons. The average molecular weight is 284 g/mol. The van der Waals surface area contributed by atoms with E-state index in [9.17, 15) is 9.59 Å². The number of carboxylic acids is 1. The summed E-state index contributed by atoms with van der Waals surface area (Å²) >= 11 is 0. The summed E-state index contributed by atoms with van der Waals surface area (Å²) < 4.78 is 0. The van der Waals surface area contributed by atoms with E-state index in [1.54, 1.807) is 12.1 Å². The Hall–Kier alpha value is -2.69. The zero-order valence-corrected chi connectivity index (χ0v) is 11.7. The number of amides is 1. The van der Waals surface area contributed by atoms with Crippen molar-refractivity contribution in [3.63, 3.8) is 0 Å². The van der Waals surface area contributed by atoms with Gasteiger partial charge in [-0.05, 0) is 30.2 Å². The van der Waals surface area contributed by atoms with Crippen LogP contribution < -0.4 is 5.32 Å². The van der Waals surface area contributed by atoms with E-state index < -0.39 is 5.97 Å². The maximum Gasteiger partial charge on any atom is 0.309 e. The van der Waals surface area contributed by atoms with Gasteiger partial charge in [-0.15, -0.1) is 0 Å². The minimum absolute atomic E-state index is 0.128. The Morgan fingerprint density at radius 1 is 1.14 bits per heavy atom. The molecule has 0 saturated heterocycles. The molecule has 0 aliphatic carbocycles. The maximum atomic E-state index is 12.0. The standard InChI is InChI=1S/C16H16N2O3/c1-11-4-2-3-5-12(11)8-15(19)18-14-7-6-13(17-10-14)9-16(20)21/h2-7,10H,8-9H2,1H3,(H,18,19)(H,20,21). The number of pyridine rings is 1. The van der Waals surface area contributed by atoms with Gasteiger partial charge in [0.1, 0.15) is 0 Å². The van der Waals surface area contributed by atoms with Crippen LogP contribution in [0.15, 0.2) is 42.6 Å². The van der Waals surface area contributed by atoms with Crippen LogP contribution in [0.25, 0.3) is 0 Å². The number of aromatic nitrogens is 1. The Morgan fingerprint density at radius 3 is 2.52 bits per heavy atom. The number of aliphatic carboxylic acids is 1. The molecule has 1 amide bonds. The maximum absolute atomic E-state index is 12.0. The van der Waals surface area contributed by atoms with Gasteiger partial charge in [-0.25, -0.2) is 0 Å². The van der Waals surface area contributed by atoms with Crippen LogP contribution in [-0.2, 0) is 22.4 Å². The lowest BCUT2D eigenvalue weighted by atomic mass is 10.1. The smallest absolute Gasteiger partial charge is 0.309 e. The van der Waals surface area contributed by atoms with E-state index in [1.165, 1.54) is 6.20 Å². The van der Waals surface area contributed by atoms with Crippen molar-refractivity contribution in [2.24, 2.45) is 0 Å². The molecule has 0 saturated carbocycles. The van der Waals surface area contributed by atoms with Gasteiger partial charge in [-0.1, -0.05) is 24.3 Å². The summed E-state index contributed by atoms with van der Waals surface area (Å²) in [4.78, 5) is 26.5. The second kappa shape index (κ2) is 6.65. The quantitative estimate of drug-likeness (QED) is 0.882. The second-order valence-electron chi connectivity index (χ2n) is 4.76. The lowest BCUT2D eigenvalue weighted by Crippen LogP contribution is -2.15. The number of nitrogens with one attached hydrogen (secondary N) is 1. The Morgan fingerprint density at radius 2 is 1.90 bits per heavy atom. The van der Waals surface area contributed by atoms with Crippen molar-refractivity contribution >= 4 is 17.6 Å². The first-order valence-corrected chi connectivity index (χ1v) is 6.55. The van der Waals surface area contributed by atoms with E-state index in [0.717, 1.165) is 11.1 Å². The Kier molecular flexibility index (Phi) is 4.66. The number of carbonyl (C=O) groups excluding carboxylic acids is 1. The highest BCUT2D eigenvalue weighted by Gasteiger charge is 2.07. The molecule has 0 atom stereocenters. The van der Waals surface area contributed by atoms with Crippen LogP contribution in [0.1, 0.15) is 16.8 Å². The predicted molar refractivity (Wildman–Crippen MR) is 79.1 cm³/mol. The zero-order valence-electron chi connectivity index (χ0n) is 11.7. The number of rotatable bonds is 5. The van der Waals surface area contributed by atoms with Gasteiger partial charge in [-0.2, -0.15) is 0 Å². The van der Waals surface area contributed by atoms with Crippen LogP contribution in [0, 0.1) is 6.92 Å². The van der Waals surface area contributed by atoms with Gasteiger partial charge >= 0.3 is 5.97 Å². The summed E-state index contributed by atoms with van der Waals surface area (Å²) in [5.41, 5.74) is 3.06. The summed E-state index contributed by atoms with van der Waals surface area (Å²) in [6.45, 7) is 1.96. The molecule has 0 unspecified atom stereocenters. The first-order valence-electron chi connectivity index (χ1n) is 6.55. The van der Waals surface area contributed by atoms with Gasteiger partial charge in [0.15, 0.2) is 0 Å². The van der Waals surface area contributed by atoms with Gasteiger partial charge in [0.05, 0.1) is 30.4 Å². The largest absolute Gasteiger partial charge is 0.481 e. The van der Waals surface area contributed by atoms with E-state index >= 15 is 0 Å². The Balaban J connectivity index is 1.96. The van der Waals surface area contributed by atoms with Crippen molar-refractivity contribution in [3.8, 4) is 0 Å². The van der Waals surface area contributed by atoms with E-state index in [2.05, 4.69) is 10.3 Å². The summed E-state index contributed by atoms with van der Waals surface area (Å²) in [6.07, 6.45) is 1.63. The van der Waals surface area contributed by atoms with Crippen molar-refractivity contribution < 1.29 is 14.7 Å². The summed E-state index contributed by atoms with van der Waals surface area (Å²) in [6, 6.07) is 11.0. The Labute approximate surface area is 122 Å². The number of anilines is 1. The van der Waals surface area contributed by atoms with Crippen LogP contribution >= 0.6 is 0 Å². The fourth-order valence-corrected chi connectivity index (χ4v) is 1.94. The fraction of sp³-hybridized carbons (Fsp3) is 0.188. The SMILES string of the molecule is Cc1ccccc1CC(=O)Nc1ccc(CC(=O)O)nc1. The topological polar surface area (TPSA) is 79.3 Å². The molecule has 2 N–H and O–H groups in total. The van der Waals surface area contributed by atoms with Crippen molar-refractivity contribution in [3.05, 3.63) is 59.4 Å². The molecular weight excluding hydrogens is 268 g/mol. The fourth-order valence-electron chi connectivity index (χ4n) is 1.94. The normalized spacial score (nSPS) is 10.1. The van der Waals surface area contributed by atoms with Crippen LogP contribution in [0.4, 0.5) is 5.69 Å². The minimum Gasteiger partial charge on any atom is -0.481 e. The van der Waals surface area contributed by atoms with E-state index in [0.29, 0.717) is 17.8 Å². The third-order valence-electron chi connectivity index (χ3n) is 3.05. The van der Waals surface area contributed by atoms with Crippen molar-refractivity contribution in [2.75, 3.05) is 5.32 Å². The number of benzene rings is 1. The first-order chi connectivity index (χ1) is 10.0. The molecule has 0 bridgehead atoms. The Bertz CT molecular complexity index is 651. The lowest BCUT2D eigenvalue weighted by Gasteiger charge is -2.07. The third kappa shape index (κ3) is 4.42. The molecule has 21 heavy (non-hydrogen) atoms. The van der Waals surface area contributed by atoms with Gasteiger partial charge in [0.2, 0.25) is 5.91 Å². The van der Waals surface area contributed by atoms with Crippen LogP contribution in [0.3, 0.4) is 0 Å². The third-order valence-corrected chi connectivity index (χ3v) is 3.05. The molecule has 1 heterocycles. The lowest BCUT2D eigenvalue weighted by molar-refractivity contribution is -0.136. The number of aryl methyl sites for hydroxylation is 1. The molecule has 1 aromatic carbocycles. The van der Waals surface area contributed by atoms with Crippen LogP contribution in [0.5, 0.6) is 0 Å². The summed E-state index contributed by atoms with van der Waals surface area (Å²) in [5.74, 6) is -1.06. The number of hydrogen-bond donors (Lipinski definition) is 2. The molecule has 1 aromatic heterocycles. The van der Waals surface area contributed by atoms with Crippen LogP contribution in [-0.4, -0.2) is 22.0 Å². The van der Waals surface area contributed by atoms with Gasteiger partial charge in [0.25, 0.3) is 0 Å². The van der Waals surface area contributed by atoms with E-state index in [1.807, 2.05) is 31.2 Å². The van der Waals surface area contributed by atoms with E-state index in [4.69, 9.17) is 5.11 Å². The minimum atomic E-state index is -0.932. The number of carboxylic acid groups (broad SMARTS) is 1. The molecular formula is C16H16N2O3. The van der Waals surface area contributed by atoms with Gasteiger partial charge in [0, 0.05) is 0 Å².